The van der Waals surface area contributed by atoms with E-state index in [1.54, 1.807) is 0 Å². The van der Waals surface area contributed by atoms with Crippen LogP contribution in [0.5, 0.6) is 0 Å². The molecule has 0 saturated carbocycles. The Labute approximate surface area is 453 Å². The Morgan fingerprint density at radius 2 is 0.507 bits per heavy atom. The maximum atomic E-state index is 12.9. The highest BCUT2D eigenvalue weighted by molar-refractivity contribution is 5.71. The lowest BCUT2D eigenvalue weighted by molar-refractivity contribution is -0.167. The first-order valence-corrected chi connectivity index (χ1v) is 31.4. The number of esters is 3. The van der Waals surface area contributed by atoms with Gasteiger partial charge in [-0.25, -0.2) is 0 Å². The lowest BCUT2D eigenvalue weighted by atomic mass is 10.0. The van der Waals surface area contributed by atoms with E-state index in [0.717, 1.165) is 70.6 Å². The molecule has 1 atom stereocenters. The summed E-state index contributed by atoms with van der Waals surface area (Å²) in [4.78, 5) is 38.3. The van der Waals surface area contributed by atoms with Gasteiger partial charge in [0.1, 0.15) is 13.2 Å². The molecular formula is C67H118O6. The molecule has 6 heteroatoms. The van der Waals surface area contributed by atoms with Gasteiger partial charge in [-0.3, -0.25) is 14.4 Å². The van der Waals surface area contributed by atoms with Crippen molar-refractivity contribution < 1.29 is 28.6 Å². The van der Waals surface area contributed by atoms with Gasteiger partial charge in [0.15, 0.2) is 6.10 Å². The van der Waals surface area contributed by atoms with Crippen molar-refractivity contribution in [3.8, 4) is 0 Å². The minimum atomic E-state index is -0.806. The molecule has 0 unspecified atom stereocenters. The van der Waals surface area contributed by atoms with E-state index in [1.807, 2.05) is 0 Å². The Morgan fingerprint density at radius 3 is 0.849 bits per heavy atom. The Bertz CT molecular complexity index is 1360. The van der Waals surface area contributed by atoms with Crippen molar-refractivity contribution in [2.45, 2.75) is 322 Å². The van der Waals surface area contributed by atoms with E-state index < -0.39 is 6.10 Å². The fourth-order valence-electron chi connectivity index (χ4n) is 8.90. The fraction of sp³-hybridized carbons (Fsp3) is 0.776. The van der Waals surface area contributed by atoms with Crippen LogP contribution in [0, 0.1) is 0 Å². The summed E-state index contributed by atoms with van der Waals surface area (Å²) in [6, 6.07) is 0. The molecule has 0 aliphatic carbocycles. The summed E-state index contributed by atoms with van der Waals surface area (Å²) in [5, 5.41) is 0. The van der Waals surface area contributed by atoms with Crippen LogP contribution in [0.1, 0.15) is 316 Å². The molecule has 0 amide bonds. The van der Waals surface area contributed by atoms with Crippen LogP contribution in [-0.2, 0) is 28.6 Å². The van der Waals surface area contributed by atoms with Gasteiger partial charge in [-0.15, -0.1) is 0 Å². The molecule has 0 saturated heterocycles. The lowest BCUT2D eigenvalue weighted by Gasteiger charge is -2.18. The van der Waals surface area contributed by atoms with Gasteiger partial charge in [0, 0.05) is 19.3 Å². The Morgan fingerprint density at radius 1 is 0.274 bits per heavy atom. The maximum absolute atomic E-state index is 12.9. The standard InChI is InChI=1S/C67H118O6/c1-4-7-10-13-16-19-22-25-28-31-32-33-34-37-39-42-45-48-51-54-57-60-66(69)72-63-64(73-67(70)61-58-55-52-49-46-43-40-36-30-27-24-21-18-15-12-9-6-3)62-71-65(68)59-56-53-50-47-44-41-38-35-29-26-23-20-17-14-11-8-5-2/h17,20,25-30,40,43,49,52,64H,4-16,18-19,21-24,31-39,41-42,44-48,50-51,53-63H2,1-3H3/b20-17-,28-25-,29-26-,30-27-,43-40-,52-49-/t64-/m1/s1. The van der Waals surface area contributed by atoms with E-state index in [2.05, 4.69) is 93.7 Å². The van der Waals surface area contributed by atoms with Gasteiger partial charge in [0.2, 0.25) is 0 Å². The molecule has 0 radical (unpaired) electrons. The molecule has 0 aromatic carbocycles. The number of unbranched alkanes of at least 4 members (excludes halogenated alkanes) is 34. The van der Waals surface area contributed by atoms with Gasteiger partial charge in [-0.1, -0.05) is 261 Å². The molecule has 0 N–H and O–H groups in total. The second-order valence-corrected chi connectivity index (χ2v) is 21.0. The SMILES string of the molecule is CCCCC/C=C\C/C=C\CCCCCCCCCC(=O)OC[C@H](COC(=O)CCCCCCCCCCCCC/C=C\CCCCCCCC)OC(=O)CCC/C=C\C/C=C\C/C=C\CCCCCCCC. The topological polar surface area (TPSA) is 78.9 Å². The van der Waals surface area contributed by atoms with Gasteiger partial charge >= 0.3 is 17.9 Å². The summed E-state index contributed by atoms with van der Waals surface area (Å²) in [7, 11) is 0. The quantitative estimate of drug-likeness (QED) is 0.0261. The van der Waals surface area contributed by atoms with Crippen molar-refractivity contribution in [2.75, 3.05) is 13.2 Å². The highest BCUT2D eigenvalue weighted by Gasteiger charge is 2.19. The first kappa shape index (κ1) is 69.8. The lowest BCUT2D eigenvalue weighted by Crippen LogP contribution is -2.30. The third-order valence-corrected chi connectivity index (χ3v) is 13.7. The van der Waals surface area contributed by atoms with Gasteiger partial charge in [0.25, 0.3) is 0 Å². The Hall–Kier alpha value is -3.15. The van der Waals surface area contributed by atoms with Crippen LogP contribution in [0.2, 0.25) is 0 Å². The largest absolute Gasteiger partial charge is 0.462 e. The van der Waals surface area contributed by atoms with Crippen LogP contribution in [-0.4, -0.2) is 37.2 Å². The first-order chi connectivity index (χ1) is 36.0. The molecule has 0 aliphatic heterocycles. The second kappa shape index (κ2) is 61.4. The monoisotopic (exact) mass is 1020 g/mol. The van der Waals surface area contributed by atoms with E-state index in [-0.39, 0.29) is 37.5 Å². The van der Waals surface area contributed by atoms with E-state index in [9.17, 15) is 14.4 Å². The molecule has 6 nitrogen and oxygen atoms in total. The number of ether oxygens (including phenoxy) is 3. The normalized spacial score (nSPS) is 12.5. The summed E-state index contributed by atoms with van der Waals surface area (Å²) in [5.74, 6) is -0.946. The molecule has 0 aliphatic rings. The molecule has 0 spiro atoms. The molecule has 0 heterocycles. The minimum Gasteiger partial charge on any atom is -0.462 e. The van der Waals surface area contributed by atoms with Gasteiger partial charge < -0.3 is 14.2 Å². The summed E-state index contributed by atoms with van der Waals surface area (Å²) >= 11 is 0. The second-order valence-electron chi connectivity index (χ2n) is 21.0. The molecule has 0 aromatic heterocycles. The minimum absolute atomic E-state index is 0.0970. The number of carbonyl (C=O) groups excluding carboxylic acids is 3. The van der Waals surface area contributed by atoms with Gasteiger partial charge in [0.05, 0.1) is 0 Å². The van der Waals surface area contributed by atoms with Crippen LogP contribution < -0.4 is 0 Å². The van der Waals surface area contributed by atoms with Crippen molar-refractivity contribution in [3.63, 3.8) is 0 Å². The predicted molar refractivity (Wildman–Crippen MR) is 316 cm³/mol. The number of rotatable bonds is 57. The van der Waals surface area contributed by atoms with Crippen LogP contribution in [0.4, 0.5) is 0 Å². The molecular weight excluding hydrogens is 901 g/mol. The average Bonchev–Trinajstić information content (AvgIpc) is 3.39. The summed E-state index contributed by atoms with van der Waals surface area (Å²) in [5.41, 5.74) is 0. The third-order valence-electron chi connectivity index (χ3n) is 13.7. The zero-order valence-corrected chi connectivity index (χ0v) is 48.4. The summed E-state index contributed by atoms with van der Waals surface area (Å²) in [6.45, 7) is 6.59. The molecule has 73 heavy (non-hydrogen) atoms. The van der Waals surface area contributed by atoms with Crippen LogP contribution in [0.25, 0.3) is 0 Å². The molecule has 0 aromatic rings. The van der Waals surface area contributed by atoms with E-state index >= 15 is 0 Å². The van der Waals surface area contributed by atoms with Gasteiger partial charge in [-0.2, -0.15) is 0 Å². The zero-order chi connectivity index (χ0) is 52.9. The third kappa shape index (κ3) is 59.6. The Kier molecular flexibility index (Phi) is 58.7. The maximum Gasteiger partial charge on any atom is 0.306 e. The zero-order valence-electron chi connectivity index (χ0n) is 48.4. The van der Waals surface area contributed by atoms with E-state index in [0.29, 0.717) is 19.3 Å². The highest BCUT2D eigenvalue weighted by Crippen LogP contribution is 2.16. The van der Waals surface area contributed by atoms with Crippen molar-refractivity contribution in [1.82, 2.24) is 0 Å². The number of allylic oxidation sites excluding steroid dienone is 12. The average molecular weight is 1020 g/mol. The summed E-state index contributed by atoms with van der Waals surface area (Å²) in [6.07, 6.45) is 79.1. The molecule has 0 bridgehead atoms. The molecule has 422 valence electrons. The number of hydrogen-bond acceptors (Lipinski definition) is 6. The van der Waals surface area contributed by atoms with Crippen LogP contribution in [0.15, 0.2) is 72.9 Å². The highest BCUT2D eigenvalue weighted by atomic mass is 16.6. The van der Waals surface area contributed by atoms with Crippen molar-refractivity contribution in [2.24, 2.45) is 0 Å². The van der Waals surface area contributed by atoms with E-state index in [4.69, 9.17) is 14.2 Å². The number of carbonyl (C=O) groups is 3. The first-order valence-electron chi connectivity index (χ1n) is 31.4. The van der Waals surface area contributed by atoms with Crippen molar-refractivity contribution >= 4 is 17.9 Å². The van der Waals surface area contributed by atoms with Crippen LogP contribution in [0.3, 0.4) is 0 Å². The fourth-order valence-corrected chi connectivity index (χ4v) is 8.90. The van der Waals surface area contributed by atoms with Crippen molar-refractivity contribution in [1.29, 1.82) is 0 Å². The van der Waals surface area contributed by atoms with Crippen LogP contribution >= 0.6 is 0 Å². The molecule has 0 rings (SSSR count). The molecule has 0 fully saturated rings. The van der Waals surface area contributed by atoms with Gasteiger partial charge in [-0.05, 0) is 109 Å². The predicted octanol–water partition coefficient (Wildman–Crippen LogP) is 21.3. The van der Waals surface area contributed by atoms with Crippen molar-refractivity contribution in [3.05, 3.63) is 72.9 Å². The van der Waals surface area contributed by atoms with E-state index in [1.165, 1.54) is 199 Å². The smallest absolute Gasteiger partial charge is 0.306 e. The Balaban J connectivity index is 4.42. The summed E-state index contributed by atoms with van der Waals surface area (Å²) < 4.78 is 16.9. The number of hydrogen-bond donors (Lipinski definition) is 0.